The Labute approximate surface area is 101 Å². The fourth-order valence-corrected chi connectivity index (χ4v) is 0.699. The van der Waals surface area contributed by atoms with Gasteiger partial charge < -0.3 is 4.74 Å². The molecule has 0 bridgehead atoms. The lowest BCUT2D eigenvalue weighted by Gasteiger charge is -1.92. The molecule has 0 aromatic heterocycles. The molecular formula is C8H4Br2O5. The molecule has 0 unspecified atom stereocenters. The van der Waals surface area contributed by atoms with E-state index < -0.39 is 21.3 Å². The number of hydrogen-bond donors (Lipinski definition) is 0. The van der Waals surface area contributed by atoms with Crippen molar-refractivity contribution in [2.45, 2.75) is 0 Å². The highest BCUT2D eigenvalue weighted by Crippen LogP contribution is 1.92. The van der Waals surface area contributed by atoms with E-state index in [2.05, 4.69) is 36.6 Å². The summed E-state index contributed by atoms with van der Waals surface area (Å²) in [6.07, 6.45) is 3.32. The number of halogens is 2. The monoisotopic (exact) mass is 338 g/mol. The first-order valence-electron chi connectivity index (χ1n) is 3.42. The number of hydrogen-bond acceptors (Lipinski definition) is 5. The molecule has 0 rings (SSSR count). The van der Waals surface area contributed by atoms with Gasteiger partial charge in [-0.05, 0) is 44.0 Å². The van der Waals surface area contributed by atoms with Crippen molar-refractivity contribution in [2.24, 2.45) is 0 Å². The fraction of sp³-hybridized carbons (Fsp3) is 0. The highest BCUT2D eigenvalue weighted by Gasteiger charge is 2.04. The van der Waals surface area contributed by atoms with Crippen LogP contribution < -0.4 is 0 Å². The molecule has 0 spiro atoms. The van der Waals surface area contributed by atoms with Crippen molar-refractivity contribution < 1.29 is 23.9 Å². The maximum atomic E-state index is 10.8. The summed E-state index contributed by atoms with van der Waals surface area (Å²) < 4.78 is 3.09. The molecule has 0 N–H and O–H groups in total. The topological polar surface area (TPSA) is 77.5 Å². The van der Waals surface area contributed by atoms with Gasteiger partial charge in [0.2, 0.25) is 9.39 Å². The van der Waals surface area contributed by atoms with E-state index in [-0.39, 0.29) is 0 Å². The maximum absolute atomic E-state index is 10.8. The van der Waals surface area contributed by atoms with Crippen molar-refractivity contribution in [1.29, 1.82) is 0 Å². The Bertz CT molecular complexity index is 322. The Hall–Kier alpha value is -1.08. The number of esters is 2. The SMILES string of the molecule is O=C(Br)/C=C\C(=O)OC(=O)/C=C\C(=O)Br. The van der Waals surface area contributed by atoms with Crippen LogP contribution in [-0.2, 0) is 23.9 Å². The van der Waals surface area contributed by atoms with Gasteiger partial charge in [-0.2, -0.15) is 0 Å². The number of carbonyl (C=O) groups excluding carboxylic acids is 4. The molecule has 0 atom stereocenters. The van der Waals surface area contributed by atoms with Gasteiger partial charge in [-0.3, -0.25) is 9.59 Å². The van der Waals surface area contributed by atoms with Crippen molar-refractivity contribution in [1.82, 2.24) is 0 Å². The highest BCUT2D eigenvalue weighted by molar-refractivity contribution is 9.18. The van der Waals surface area contributed by atoms with Crippen molar-refractivity contribution in [3.63, 3.8) is 0 Å². The molecule has 0 fully saturated rings. The Kier molecular flexibility index (Phi) is 6.72. The van der Waals surface area contributed by atoms with Gasteiger partial charge in [0.1, 0.15) is 0 Å². The summed E-state index contributed by atoms with van der Waals surface area (Å²) in [5, 5.41) is 0. The molecule has 0 aliphatic heterocycles. The smallest absolute Gasteiger partial charge is 0.338 e. The molecule has 0 heterocycles. The van der Waals surface area contributed by atoms with E-state index in [9.17, 15) is 19.2 Å². The predicted molar refractivity (Wildman–Crippen MR) is 57.2 cm³/mol. The molecule has 0 aliphatic rings. The Morgan fingerprint density at radius 1 is 0.733 bits per heavy atom. The standard InChI is InChI=1S/C8H4Br2O5/c9-5(11)1-3-7(13)15-8(14)4-2-6(10)12/h1-4H/b3-1-,4-2-. The van der Waals surface area contributed by atoms with Crippen molar-refractivity contribution in [3.8, 4) is 0 Å². The summed E-state index contributed by atoms with van der Waals surface area (Å²) in [7, 11) is 0. The first kappa shape index (κ1) is 13.9. The second-order valence-corrected chi connectivity index (χ2v) is 3.58. The first-order chi connectivity index (χ1) is 6.91. The second-order valence-electron chi connectivity index (χ2n) is 2.02. The molecule has 0 saturated heterocycles. The summed E-state index contributed by atoms with van der Waals surface area (Å²) >= 11 is 5.07. The third kappa shape index (κ3) is 9.23. The van der Waals surface area contributed by atoms with Crippen LogP contribution in [0.3, 0.4) is 0 Å². The number of rotatable bonds is 4. The van der Waals surface area contributed by atoms with Crippen LogP contribution in [0.25, 0.3) is 0 Å². The Morgan fingerprint density at radius 3 is 1.33 bits per heavy atom. The molecule has 0 saturated carbocycles. The third-order valence-corrected chi connectivity index (χ3v) is 1.43. The zero-order valence-electron chi connectivity index (χ0n) is 7.11. The van der Waals surface area contributed by atoms with Gasteiger partial charge in [-0.15, -0.1) is 0 Å². The summed E-state index contributed by atoms with van der Waals surface area (Å²) in [5.74, 6) is -2.00. The molecule has 0 aromatic carbocycles. The van der Waals surface area contributed by atoms with Crippen LogP contribution in [0, 0.1) is 0 Å². The first-order valence-corrected chi connectivity index (χ1v) is 5.01. The van der Waals surface area contributed by atoms with Crippen LogP contribution in [-0.4, -0.2) is 21.3 Å². The maximum Gasteiger partial charge on any atom is 0.338 e. The lowest BCUT2D eigenvalue weighted by molar-refractivity contribution is -0.152. The predicted octanol–water partition coefficient (Wildman–Crippen LogP) is 1.01. The van der Waals surface area contributed by atoms with E-state index in [1.165, 1.54) is 0 Å². The van der Waals surface area contributed by atoms with Crippen molar-refractivity contribution >= 4 is 53.2 Å². The van der Waals surface area contributed by atoms with Gasteiger partial charge >= 0.3 is 11.9 Å². The normalized spacial score (nSPS) is 10.5. The Morgan fingerprint density at radius 2 is 1.07 bits per heavy atom. The van der Waals surface area contributed by atoms with Gasteiger partial charge in [0.25, 0.3) is 0 Å². The second kappa shape index (κ2) is 7.24. The summed E-state index contributed by atoms with van der Waals surface area (Å²) in [6.45, 7) is 0. The fourth-order valence-electron chi connectivity index (χ4n) is 0.434. The molecule has 0 aromatic rings. The number of carbonyl (C=O) groups is 4. The van der Waals surface area contributed by atoms with E-state index >= 15 is 0 Å². The number of allylic oxidation sites excluding steroid dienone is 2. The van der Waals surface area contributed by atoms with Crippen LogP contribution in [0.15, 0.2) is 24.3 Å². The van der Waals surface area contributed by atoms with Crippen LogP contribution >= 0.6 is 31.9 Å². The van der Waals surface area contributed by atoms with Crippen LogP contribution in [0.2, 0.25) is 0 Å². The largest absolute Gasteiger partial charge is 0.387 e. The average molecular weight is 340 g/mol. The van der Waals surface area contributed by atoms with E-state index in [0.717, 1.165) is 24.3 Å². The zero-order chi connectivity index (χ0) is 11.8. The van der Waals surface area contributed by atoms with Crippen molar-refractivity contribution in [3.05, 3.63) is 24.3 Å². The molecule has 5 nitrogen and oxygen atoms in total. The van der Waals surface area contributed by atoms with Crippen molar-refractivity contribution in [2.75, 3.05) is 0 Å². The van der Waals surface area contributed by atoms with E-state index in [0.29, 0.717) is 0 Å². The van der Waals surface area contributed by atoms with Crippen LogP contribution in [0.1, 0.15) is 0 Å². The average Bonchev–Trinajstić information content (AvgIpc) is 2.11. The molecule has 0 radical (unpaired) electrons. The van der Waals surface area contributed by atoms with Gasteiger partial charge in [0.15, 0.2) is 0 Å². The third-order valence-electron chi connectivity index (χ3n) is 0.902. The zero-order valence-corrected chi connectivity index (χ0v) is 10.3. The molecule has 0 aliphatic carbocycles. The van der Waals surface area contributed by atoms with Crippen LogP contribution in [0.5, 0.6) is 0 Å². The van der Waals surface area contributed by atoms with Gasteiger partial charge in [0.05, 0.1) is 0 Å². The van der Waals surface area contributed by atoms with Gasteiger partial charge in [0, 0.05) is 12.2 Å². The lowest BCUT2D eigenvalue weighted by Crippen LogP contribution is -2.07. The summed E-state index contributed by atoms with van der Waals surface area (Å²) in [6, 6.07) is 0. The summed E-state index contributed by atoms with van der Waals surface area (Å²) in [5.41, 5.74) is 0. The van der Waals surface area contributed by atoms with E-state index in [1.807, 2.05) is 0 Å². The minimum absolute atomic E-state index is 0.530. The number of ether oxygens (including phenoxy) is 1. The van der Waals surface area contributed by atoms with E-state index in [4.69, 9.17) is 0 Å². The lowest BCUT2D eigenvalue weighted by atomic mass is 10.5. The highest BCUT2D eigenvalue weighted by atomic mass is 79.9. The summed E-state index contributed by atoms with van der Waals surface area (Å²) in [4.78, 5) is 42.2. The minimum Gasteiger partial charge on any atom is -0.387 e. The van der Waals surface area contributed by atoms with E-state index in [1.54, 1.807) is 0 Å². The molecule has 15 heavy (non-hydrogen) atoms. The molecule has 0 amide bonds. The van der Waals surface area contributed by atoms with Gasteiger partial charge in [-0.25, -0.2) is 9.59 Å². The minimum atomic E-state index is -1.00. The Balaban J connectivity index is 4.14. The quantitative estimate of drug-likeness (QED) is 0.330. The molecule has 80 valence electrons. The van der Waals surface area contributed by atoms with Gasteiger partial charge in [-0.1, -0.05) is 0 Å². The molecular weight excluding hydrogens is 336 g/mol. The molecule has 7 heteroatoms. The van der Waals surface area contributed by atoms with Crippen LogP contribution in [0.4, 0.5) is 0 Å².